The predicted molar refractivity (Wildman–Crippen MR) is 77.1 cm³/mol. The lowest BCUT2D eigenvalue weighted by Gasteiger charge is -2.18. The number of nitrogens with two attached hydrogens (primary N) is 1. The van der Waals surface area contributed by atoms with Gasteiger partial charge in [0.05, 0.1) is 13.1 Å². The molecule has 5 N–H and O–H groups in total. The van der Waals surface area contributed by atoms with Crippen LogP contribution in [0.25, 0.3) is 0 Å². The van der Waals surface area contributed by atoms with E-state index in [0.29, 0.717) is 19.5 Å². The summed E-state index contributed by atoms with van der Waals surface area (Å²) >= 11 is 0. The fourth-order valence-electron chi connectivity index (χ4n) is 1.58. The van der Waals surface area contributed by atoms with Gasteiger partial charge in [-0.15, -0.1) is 0 Å². The molecule has 0 heterocycles. The van der Waals surface area contributed by atoms with Crippen LogP contribution in [0.3, 0.4) is 0 Å². The van der Waals surface area contributed by atoms with Crippen molar-refractivity contribution in [3.05, 3.63) is 0 Å². The molecule has 0 aliphatic rings. The minimum Gasteiger partial charge on any atom is -0.347 e. The van der Waals surface area contributed by atoms with E-state index in [1.54, 1.807) is 0 Å². The van der Waals surface area contributed by atoms with Crippen LogP contribution in [-0.2, 0) is 14.4 Å². The molecule has 0 aromatic rings. The maximum Gasteiger partial charge on any atom is 0.242 e. The zero-order chi connectivity index (χ0) is 15.4. The van der Waals surface area contributed by atoms with Crippen molar-refractivity contribution in [1.82, 2.24) is 16.0 Å². The van der Waals surface area contributed by atoms with Crippen molar-refractivity contribution in [3.8, 4) is 0 Å². The molecule has 0 spiro atoms. The van der Waals surface area contributed by atoms with Gasteiger partial charge in [-0.05, 0) is 39.3 Å². The summed E-state index contributed by atoms with van der Waals surface area (Å²) in [5.41, 5.74) is 5.41. The summed E-state index contributed by atoms with van der Waals surface area (Å²) < 4.78 is 0. The minimum absolute atomic E-state index is 0.0185. The third-order valence-corrected chi connectivity index (χ3v) is 2.65. The largest absolute Gasteiger partial charge is 0.347 e. The Morgan fingerprint density at radius 1 is 1.15 bits per heavy atom. The van der Waals surface area contributed by atoms with Crippen LogP contribution in [0.5, 0.6) is 0 Å². The van der Waals surface area contributed by atoms with E-state index in [1.807, 2.05) is 6.92 Å². The summed E-state index contributed by atoms with van der Waals surface area (Å²) in [6.07, 6.45) is 2.05. The summed E-state index contributed by atoms with van der Waals surface area (Å²) in [6, 6.07) is -0.618. The first-order valence-corrected chi connectivity index (χ1v) is 6.98. The van der Waals surface area contributed by atoms with Crippen LogP contribution < -0.4 is 21.7 Å². The maximum atomic E-state index is 11.9. The summed E-state index contributed by atoms with van der Waals surface area (Å²) in [4.78, 5) is 34.4. The van der Waals surface area contributed by atoms with Crippen molar-refractivity contribution in [1.29, 1.82) is 0 Å². The molecule has 1 atom stereocenters. The van der Waals surface area contributed by atoms with E-state index in [4.69, 9.17) is 5.73 Å². The maximum absolute atomic E-state index is 11.9. The van der Waals surface area contributed by atoms with Gasteiger partial charge >= 0.3 is 0 Å². The van der Waals surface area contributed by atoms with Crippen molar-refractivity contribution in [3.63, 3.8) is 0 Å². The number of hydrogen-bond acceptors (Lipinski definition) is 5. The number of unbranched alkanes of at least 4 members (excludes halogenated alkanes) is 1. The van der Waals surface area contributed by atoms with Crippen LogP contribution >= 0.6 is 0 Å². The van der Waals surface area contributed by atoms with Crippen LogP contribution in [0.4, 0.5) is 0 Å². The topological polar surface area (TPSA) is 113 Å². The van der Waals surface area contributed by atoms with E-state index < -0.39 is 6.04 Å². The number of amides is 2. The third kappa shape index (κ3) is 9.46. The van der Waals surface area contributed by atoms with Gasteiger partial charge in [0.25, 0.3) is 0 Å². The molecule has 0 bridgehead atoms. The Morgan fingerprint density at radius 3 is 2.40 bits per heavy atom. The molecule has 0 aliphatic heterocycles. The van der Waals surface area contributed by atoms with Crippen molar-refractivity contribution in [2.24, 2.45) is 5.73 Å². The molecule has 0 aromatic heterocycles. The van der Waals surface area contributed by atoms with Crippen molar-refractivity contribution in [2.45, 2.75) is 39.2 Å². The van der Waals surface area contributed by atoms with E-state index >= 15 is 0 Å². The number of rotatable bonds is 11. The van der Waals surface area contributed by atoms with Gasteiger partial charge in [0.1, 0.15) is 11.8 Å². The van der Waals surface area contributed by atoms with Crippen LogP contribution in [0.2, 0.25) is 0 Å². The molecule has 0 aromatic carbocycles. The van der Waals surface area contributed by atoms with Gasteiger partial charge in [-0.3, -0.25) is 14.4 Å². The van der Waals surface area contributed by atoms with Crippen LogP contribution in [0, 0.1) is 0 Å². The first-order valence-electron chi connectivity index (χ1n) is 6.98. The van der Waals surface area contributed by atoms with Gasteiger partial charge in [-0.1, -0.05) is 6.92 Å². The molecule has 1 unspecified atom stereocenters. The predicted octanol–water partition coefficient (Wildman–Crippen LogP) is -1.09. The van der Waals surface area contributed by atoms with Gasteiger partial charge in [-0.2, -0.15) is 0 Å². The molecule has 20 heavy (non-hydrogen) atoms. The Morgan fingerprint density at radius 2 is 1.85 bits per heavy atom. The number of carbonyl (C=O) groups excluding carboxylic acids is 3. The van der Waals surface area contributed by atoms with Crippen molar-refractivity contribution < 1.29 is 14.4 Å². The highest BCUT2D eigenvalue weighted by Gasteiger charge is 2.20. The Hall–Kier alpha value is -1.47. The van der Waals surface area contributed by atoms with E-state index in [9.17, 15) is 14.4 Å². The highest BCUT2D eigenvalue weighted by molar-refractivity contribution is 5.90. The van der Waals surface area contributed by atoms with E-state index in [2.05, 4.69) is 16.0 Å². The second-order valence-corrected chi connectivity index (χ2v) is 4.60. The average Bonchev–Trinajstić information content (AvgIpc) is 2.41. The van der Waals surface area contributed by atoms with E-state index in [1.165, 1.54) is 6.92 Å². The number of Topliss-reactive ketones (excluding diaryl/α,β-unsaturated/α-hetero) is 1. The highest BCUT2D eigenvalue weighted by Crippen LogP contribution is 2.00. The molecule has 0 aliphatic carbocycles. The summed E-state index contributed by atoms with van der Waals surface area (Å²) in [5.74, 6) is -0.692. The normalized spacial score (nSPS) is 11.8. The minimum atomic E-state index is -0.618. The number of nitrogens with one attached hydrogen (secondary N) is 3. The molecule has 116 valence electrons. The molecule has 0 rings (SSSR count). The van der Waals surface area contributed by atoms with Crippen LogP contribution in [-0.4, -0.2) is 49.8 Å². The van der Waals surface area contributed by atoms with Gasteiger partial charge in [0.15, 0.2) is 0 Å². The fraction of sp³-hybridized carbons (Fsp3) is 0.769. The zero-order valence-electron chi connectivity index (χ0n) is 12.3. The smallest absolute Gasteiger partial charge is 0.242 e. The van der Waals surface area contributed by atoms with Crippen molar-refractivity contribution >= 4 is 17.6 Å². The average molecular weight is 286 g/mol. The van der Waals surface area contributed by atoms with Crippen LogP contribution in [0.1, 0.15) is 33.1 Å². The molecular weight excluding hydrogens is 260 g/mol. The Labute approximate surface area is 120 Å². The number of hydrogen-bond donors (Lipinski definition) is 4. The molecule has 0 saturated heterocycles. The monoisotopic (exact) mass is 286 g/mol. The lowest BCUT2D eigenvalue weighted by molar-refractivity contribution is -0.129. The zero-order valence-corrected chi connectivity index (χ0v) is 12.3. The quantitative estimate of drug-likeness (QED) is 0.361. The molecular formula is C13H26N4O3. The Kier molecular flexibility index (Phi) is 10.5. The molecule has 7 nitrogen and oxygen atoms in total. The second kappa shape index (κ2) is 11.4. The molecule has 0 fully saturated rings. The van der Waals surface area contributed by atoms with E-state index in [-0.39, 0.29) is 30.7 Å². The van der Waals surface area contributed by atoms with Gasteiger partial charge < -0.3 is 21.7 Å². The lowest BCUT2D eigenvalue weighted by atomic mass is 10.1. The SMILES string of the molecule is CCNCC(=O)NC(CCCCN)C(=O)NCC(C)=O. The number of likely N-dealkylation sites (N-methyl/N-ethyl adjacent to an activating group) is 1. The molecule has 0 radical (unpaired) electrons. The third-order valence-electron chi connectivity index (χ3n) is 2.65. The second-order valence-electron chi connectivity index (χ2n) is 4.60. The first kappa shape index (κ1) is 18.5. The summed E-state index contributed by atoms with van der Waals surface area (Å²) in [5, 5.41) is 8.08. The van der Waals surface area contributed by atoms with Gasteiger partial charge in [0, 0.05) is 0 Å². The highest BCUT2D eigenvalue weighted by atomic mass is 16.2. The first-order chi connectivity index (χ1) is 9.51. The number of carbonyl (C=O) groups is 3. The Bertz CT molecular complexity index is 321. The molecule has 7 heteroatoms. The summed E-state index contributed by atoms with van der Waals surface area (Å²) in [7, 11) is 0. The van der Waals surface area contributed by atoms with E-state index in [0.717, 1.165) is 12.8 Å². The molecule has 2 amide bonds. The molecule has 0 saturated carbocycles. The number of ketones is 1. The van der Waals surface area contributed by atoms with Crippen molar-refractivity contribution in [2.75, 3.05) is 26.2 Å². The summed E-state index contributed by atoms with van der Waals surface area (Å²) in [6.45, 7) is 4.67. The Balaban J connectivity index is 4.34. The fourth-order valence-corrected chi connectivity index (χ4v) is 1.58. The van der Waals surface area contributed by atoms with Gasteiger partial charge in [0.2, 0.25) is 11.8 Å². The van der Waals surface area contributed by atoms with Crippen LogP contribution in [0.15, 0.2) is 0 Å². The van der Waals surface area contributed by atoms with Gasteiger partial charge in [-0.25, -0.2) is 0 Å². The standard InChI is InChI=1S/C13H26N4O3/c1-3-15-9-12(19)17-11(6-4-5-7-14)13(20)16-8-10(2)18/h11,15H,3-9,14H2,1-2H3,(H,16,20)(H,17,19). The lowest BCUT2D eigenvalue weighted by Crippen LogP contribution is -2.49.